The molecule has 0 radical (unpaired) electrons. The van der Waals surface area contributed by atoms with Crippen molar-refractivity contribution < 1.29 is 16.8 Å². The van der Waals surface area contributed by atoms with Gasteiger partial charge in [0.05, 0.1) is 6.10 Å². The van der Waals surface area contributed by atoms with Gasteiger partial charge in [0, 0.05) is 12.4 Å². The average molecular weight is 375 g/mol. The van der Waals surface area contributed by atoms with Crippen LogP contribution in [-0.2, 0) is 16.8 Å². The van der Waals surface area contributed by atoms with E-state index in [0.29, 0.717) is 5.88 Å². The fourth-order valence-electron chi connectivity index (χ4n) is 1.85. The molecule has 0 aliphatic carbocycles. The van der Waals surface area contributed by atoms with Crippen LogP contribution in [0.1, 0.15) is 6.92 Å². The van der Waals surface area contributed by atoms with Crippen molar-refractivity contribution in [2.75, 3.05) is 5.88 Å². The van der Waals surface area contributed by atoms with E-state index in [1.54, 1.807) is 0 Å². The van der Waals surface area contributed by atoms with Gasteiger partial charge in [-0.05, 0) is 52.8 Å². The molecule has 0 heterocycles. The van der Waals surface area contributed by atoms with Crippen LogP contribution in [0, 0.1) is 0 Å². The summed E-state index contributed by atoms with van der Waals surface area (Å²) in [5.74, 6) is 0.436. The first-order valence-electron chi connectivity index (χ1n) is 7.06. The second-order valence-corrected chi connectivity index (χ2v) is 21.6. The van der Waals surface area contributed by atoms with Crippen LogP contribution in [0.25, 0.3) is 0 Å². The summed E-state index contributed by atoms with van der Waals surface area (Å²) in [6, 6.07) is 0. The second-order valence-electron chi connectivity index (χ2n) is 7.08. The molecule has 0 aromatic heterocycles. The Morgan fingerprint density at radius 2 is 1.45 bits per heavy atom. The highest BCUT2D eigenvalue weighted by Gasteiger charge is 2.43. The van der Waals surface area contributed by atoms with Crippen molar-refractivity contribution in [3.63, 3.8) is 0 Å². The van der Waals surface area contributed by atoms with Crippen LogP contribution in [0.15, 0.2) is 0 Å². The maximum atomic E-state index is 6.23. The Kier molecular flexibility index (Phi) is 8.42. The molecule has 4 nitrogen and oxygen atoms in total. The van der Waals surface area contributed by atoms with E-state index in [4.69, 9.17) is 28.4 Å². The largest absolute Gasteiger partial charge is 0.478 e. The summed E-state index contributed by atoms with van der Waals surface area (Å²) in [4.78, 5) is 0. The first-order chi connectivity index (χ1) is 8.76. The zero-order chi connectivity index (χ0) is 16.2. The van der Waals surface area contributed by atoms with Crippen molar-refractivity contribution >= 4 is 46.3 Å². The molecule has 122 valence electrons. The molecule has 0 fully saturated rings. The van der Waals surface area contributed by atoms with Crippen molar-refractivity contribution in [3.05, 3.63) is 0 Å². The van der Waals surface area contributed by atoms with E-state index in [1.807, 2.05) is 20.0 Å². The monoisotopic (exact) mass is 374 g/mol. The van der Waals surface area contributed by atoms with Gasteiger partial charge in [0.15, 0.2) is 16.6 Å². The lowest BCUT2D eigenvalue weighted by Crippen LogP contribution is -2.55. The Balaban J connectivity index is 4.84. The average Bonchev–Trinajstić information content (AvgIpc) is 2.09. The van der Waals surface area contributed by atoms with Gasteiger partial charge in [0.1, 0.15) is 0 Å². The molecule has 20 heavy (non-hydrogen) atoms. The van der Waals surface area contributed by atoms with Gasteiger partial charge in [-0.25, -0.2) is 0 Å². The highest BCUT2D eigenvalue weighted by molar-refractivity contribution is 6.83. The fraction of sp³-hybridized carbons (Fsp3) is 1.00. The molecule has 0 bridgehead atoms. The maximum absolute atomic E-state index is 6.23. The predicted octanol–water partition coefficient (Wildman–Crippen LogP) is 3.77. The van der Waals surface area contributed by atoms with Crippen LogP contribution >= 0.6 is 11.6 Å². The topological polar surface area (TPSA) is 36.9 Å². The Hall–Kier alpha value is 0.998. The van der Waals surface area contributed by atoms with Gasteiger partial charge in [-0.1, -0.05) is 0 Å². The summed E-state index contributed by atoms with van der Waals surface area (Å²) in [6.45, 7) is 18.9. The third-order valence-corrected chi connectivity index (χ3v) is 14.4. The fourth-order valence-corrected chi connectivity index (χ4v) is 15.3. The summed E-state index contributed by atoms with van der Waals surface area (Å²) in [6.07, 6.45) is -0.0715. The number of hydrogen-bond donors (Lipinski definition) is 0. The van der Waals surface area contributed by atoms with Crippen LogP contribution in [0.4, 0.5) is 0 Å². The number of alkyl halides is 1. The minimum absolute atomic E-state index is 0.0715. The summed E-state index contributed by atoms with van der Waals surface area (Å²) in [5, 5.41) is 0. The zero-order valence-corrected chi connectivity index (χ0v) is 19.3. The van der Waals surface area contributed by atoms with Crippen molar-refractivity contribution in [2.45, 2.75) is 65.4 Å². The summed E-state index contributed by atoms with van der Waals surface area (Å²) in [7, 11) is -7.80. The highest BCUT2D eigenvalue weighted by Crippen LogP contribution is 2.21. The first-order valence-corrected chi connectivity index (χ1v) is 18.7. The van der Waals surface area contributed by atoms with E-state index < -0.39 is 34.7 Å². The van der Waals surface area contributed by atoms with Gasteiger partial charge in [-0.15, -0.1) is 11.6 Å². The number of halogens is 1. The highest BCUT2D eigenvalue weighted by atomic mass is 35.5. The summed E-state index contributed by atoms with van der Waals surface area (Å²) in [5.41, 5.74) is 0. The maximum Gasteiger partial charge on any atom is 0.478 e. The van der Waals surface area contributed by atoms with Gasteiger partial charge in [0.25, 0.3) is 0 Å². The van der Waals surface area contributed by atoms with E-state index in [1.165, 1.54) is 0 Å². The van der Waals surface area contributed by atoms with Crippen molar-refractivity contribution in [1.29, 1.82) is 0 Å². The Morgan fingerprint density at radius 3 is 1.80 bits per heavy atom. The van der Waals surface area contributed by atoms with Crippen LogP contribution in [-0.4, -0.2) is 46.7 Å². The SMILES string of the molecule is CC(CCl)O[Si](C)(O[SiH](C)O[Si](C)(C)C)O[Si](C)(C)C. The Labute approximate surface area is 134 Å². The Bertz CT molecular complexity index is 295. The van der Waals surface area contributed by atoms with Crippen molar-refractivity contribution in [1.82, 2.24) is 0 Å². The molecule has 0 spiro atoms. The molecule has 9 heteroatoms. The standard InChI is InChI=1S/C11H31ClO4Si4/c1-11(10-12)13-20(9,16-19(6,7)8)15-17(2)14-18(3,4)5/h11,17H,10H2,1-9H3. The second kappa shape index (κ2) is 8.02. The van der Waals surface area contributed by atoms with Crippen molar-refractivity contribution in [3.8, 4) is 0 Å². The number of hydrogen-bond acceptors (Lipinski definition) is 4. The third-order valence-electron chi connectivity index (χ3n) is 2.02. The van der Waals surface area contributed by atoms with E-state index in [9.17, 15) is 0 Å². The minimum Gasteiger partial charge on any atom is -0.439 e. The van der Waals surface area contributed by atoms with Gasteiger partial charge in [-0.2, -0.15) is 0 Å². The molecule has 0 aliphatic heterocycles. The quantitative estimate of drug-likeness (QED) is 0.454. The molecule has 0 saturated heterocycles. The van der Waals surface area contributed by atoms with Crippen LogP contribution in [0.3, 0.4) is 0 Å². The molecule has 0 aromatic carbocycles. The van der Waals surface area contributed by atoms with E-state index in [2.05, 4.69) is 39.3 Å². The normalized spacial score (nSPS) is 19.5. The van der Waals surface area contributed by atoms with E-state index in [0.717, 1.165) is 0 Å². The van der Waals surface area contributed by atoms with Crippen molar-refractivity contribution in [2.24, 2.45) is 0 Å². The van der Waals surface area contributed by atoms with Crippen LogP contribution < -0.4 is 0 Å². The molecule has 0 aliphatic rings. The molecule has 3 unspecified atom stereocenters. The molecule has 0 amide bonds. The molecular formula is C11H31ClO4Si4. The first kappa shape index (κ1) is 21.0. The molecule has 0 rings (SSSR count). The predicted molar refractivity (Wildman–Crippen MR) is 95.8 cm³/mol. The third kappa shape index (κ3) is 10.7. The molecular weight excluding hydrogens is 344 g/mol. The van der Waals surface area contributed by atoms with Gasteiger partial charge in [0.2, 0.25) is 0 Å². The zero-order valence-electron chi connectivity index (χ0n) is 14.4. The van der Waals surface area contributed by atoms with Gasteiger partial charge < -0.3 is 16.8 Å². The van der Waals surface area contributed by atoms with E-state index >= 15 is 0 Å². The molecule has 0 aromatic rings. The molecule has 0 saturated carbocycles. The lowest BCUT2D eigenvalue weighted by atomic mass is 10.5. The molecule has 3 atom stereocenters. The smallest absolute Gasteiger partial charge is 0.439 e. The lowest BCUT2D eigenvalue weighted by molar-refractivity contribution is 0.123. The summed E-state index contributed by atoms with van der Waals surface area (Å²) < 4.78 is 24.5. The minimum atomic E-state index is -2.70. The molecule has 0 N–H and O–H groups in total. The van der Waals surface area contributed by atoms with Crippen LogP contribution in [0.2, 0.25) is 52.4 Å². The van der Waals surface area contributed by atoms with Gasteiger partial charge >= 0.3 is 18.1 Å². The lowest BCUT2D eigenvalue weighted by Gasteiger charge is -2.37. The van der Waals surface area contributed by atoms with Gasteiger partial charge in [-0.3, -0.25) is 0 Å². The number of rotatable bonds is 9. The Morgan fingerprint density at radius 1 is 0.950 bits per heavy atom. The summed E-state index contributed by atoms with van der Waals surface area (Å²) >= 11 is 5.86. The van der Waals surface area contributed by atoms with E-state index in [-0.39, 0.29) is 6.10 Å². The van der Waals surface area contributed by atoms with Crippen LogP contribution in [0.5, 0.6) is 0 Å².